The lowest BCUT2D eigenvalue weighted by Gasteiger charge is -2.21. The Labute approximate surface area is 123 Å². The summed E-state index contributed by atoms with van der Waals surface area (Å²) in [6.45, 7) is 3.45. The van der Waals surface area contributed by atoms with Crippen molar-refractivity contribution in [2.45, 2.75) is 63.6 Å². The van der Waals surface area contributed by atoms with Crippen LogP contribution in [0.4, 0.5) is 0 Å². The molecule has 0 amide bonds. The normalized spacial score (nSPS) is 18.8. The number of aliphatic hydroxyl groups is 5. The molecule has 0 aliphatic rings. The van der Waals surface area contributed by atoms with Crippen molar-refractivity contribution in [2.75, 3.05) is 0 Å². The van der Waals surface area contributed by atoms with Gasteiger partial charge in [-0.25, -0.2) is 0 Å². The third-order valence-corrected chi connectivity index (χ3v) is 3.45. The van der Waals surface area contributed by atoms with Crippen LogP contribution in [0.3, 0.4) is 0 Å². The van der Waals surface area contributed by atoms with Gasteiger partial charge in [0.1, 0.15) is 12.2 Å². The molecule has 1 rings (SSSR count). The summed E-state index contributed by atoms with van der Waals surface area (Å²) in [6, 6.07) is 0. The number of rotatable bonds is 8. The van der Waals surface area contributed by atoms with Gasteiger partial charge in [0.05, 0.1) is 35.9 Å². The molecule has 0 spiro atoms. The average molecular weight is 300 g/mol. The molecule has 7 nitrogen and oxygen atoms in total. The van der Waals surface area contributed by atoms with Crippen LogP contribution < -0.4 is 0 Å². The summed E-state index contributed by atoms with van der Waals surface area (Å²) in [6.07, 6.45) is -1.88. The van der Waals surface area contributed by atoms with Crippen LogP contribution >= 0.6 is 0 Å². The lowest BCUT2D eigenvalue weighted by Crippen LogP contribution is -2.32. The summed E-state index contributed by atoms with van der Waals surface area (Å²) < 4.78 is 0. The quantitative estimate of drug-likeness (QED) is 0.430. The molecule has 0 aliphatic heterocycles. The molecule has 5 N–H and O–H groups in total. The van der Waals surface area contributed by atoms with E-state index in [9.17, 15) is 25.5 Å². The molecule has 120 valence electrons. The van der Waals surface area contributed by atoms with Crippen LogP contribution in [0.2, 0.25) is 0 Å². The summed E-state index contributed by atoms with van der Waals surface area (Å²) in [5.74, 6) is 0. The van der Waals surface area contributed by atoms with E-state index in [-0.39, 0.29) is 12.1 Å². The van der Waals surface area contributed by atoms with Crippen molar-refractivity contribution in [2.24, 2.45) is 0 Å². The van der Waals surface area contributed by atoms with E-state index in [2.05, 4.69) is 9.97 Å². The number of hydrogen-bond donors (Lipinski definition) is 5. The van der Waals surface area contributed by atoms with Gasteiger partial charge in [0, 0.05) is 12.6 Å². The van der Waals surface area contributed by atoms with Crippen LogP contribution in [-0.2, 0) is 6.42 Å². The van der Waals surface area contributed by atoms with Crippen molar-refractivity contribution >= 4 is 0 Å². The summed E-state index contributed by atoms with van der Waals surface area (Å²) in [5.41, 5.74) is 0.612. The fraction of sp³-hybridized carbons (Fsp3) is 0.714. The molecule has 5 atom stereocenters. The van der Waals surface area contributed by atoms with Crippen LogP contribution in [0.15, 0.2) is 12.4 Å². The van der Waals surface area contributed by atoms with E-state index in [4.69, 9.17) is 0 Å². The summed E-state index contributed by atoms with van der Waals surface area (Å²) >= 11 is 0. The molecule has 1 aromatic rings. The summed E-state index contributed by atoms with van der Waals surface area (Å²) in [5, 5.41) is 48.3. The van der Waals surface area contributed by atoms with Crippen LogP contribution in [-0.4, -0.2) is 59.9 Å². The summed E-state index contributed by atoms with van der Waals surface area (Å²) in [4.78, 5) is 8.02. The molecule has 7 heteroatoms. The maximum atomic E-state index is 9.89. The van der Waals surface area contributed by atoms with Gasteiger partial charge < -0.3 is 25.5 Å². The van der Waals surface area contributed by atoms with Crippen LogP contribution in [0.1, 0.15) is 44.2 Å². The zero-order valence-corrected chi connectivity index (χ0v) is 12.3. The molecular formula is C14H24N2O5. The highest BCUT2D eigenvalue weighted by Gasteiger charge is 2.26. The molecule has 0 aliphatic carbocycles. The number of nitrogens with zero attached hydrogens (tertiary/aromatic N) is 2. The van der Waals surface area contributed by atoms with E-state index in [1.54, 1.807) is 13.8 Å². The molecule has 0 bridgehead atoms. The van der Waals surface area contributed by atoms with E-state index >= 15 is 0 Å². The Bertz CT molecular complexity index is 414. The molecule has 5 unspecified atom stereocenters. The molecule has 1 heterocycles. The topological polar surface area (TPSA) is 127 Å². The van der Waals surface area contributed by atoms with Crippen LogP contribution in [0.25, 0.3) is 0 Å². The Morgan fingerprint density at radius 2 is 1.48 bits per heavy atom. The van der Waals surface area contributed by atoms with Gasteiger partial charge in [-0.2, -0.15) is 0 Å². The molecule has 0 fully saturated rings. The van der Waals surface area contributed by atoms with Crippen molar-refractivity contribution in [3.05, 3.63) is 23.8 Å². The predicted molar refractivity (Wildman–Crippen MR) is 75.3 cm³/mol. The Morgan fingerprint density at radius 3 is 1.95 bits per heavy atom. The SMILES string of the molecule is CCC(O)C(O)Cc1cnc(C(O)C(O)C(O)CC)cn1. The molecule has 1 aromatic heterocycles. The number of hydrogen-bond acceptors (Lipinski definition) is 7. The third kappa shape index (κ3) is 4.98. The highest BCUT2D eigenvalue weighted by atomic mass is 16.4. The maximum Gasteiger partial charge on any atom is 0.126 e. The second-order valence-electron chi connectivity index (χ2n) is 5.09. The number of aromatic nitrogens is 2. The zero-order valence-electron chi connectivity index (χ0n) is 12.3. The fourth-order valence-corrected chi connectivity index (χ4v) is 1.87. The molecule has 21 heavy (non-hydrogen) atoms. The minimum atomic E-state index is -1.33. The Balaban J connectivity index is 2.69. The van der Waals surface area contributed by atoms with Crippen molar-refractivity contribution in [1.29, 1.82) is 0 Å². The Hall–Kier alpha value is -1.12. The first kappa shape index (κ1) is 17.9. The molecule has 0 saturated heterocycles. The van der Waals surface area contributed by atoms with Crippen molar-refractivity contribution in [3.8, 4) is 0 Å². The standard InChI is InChI=1S/C14H24N2O5/c1-3-10(17)12(19)5-8-6-16-9(7-15-8)13(20)14(21)11(18)4-2/h6-7,10-14,17-21H,3-5H2,1-2H3. The largest absolute Gasteiger partial charge is 0.390 e. The van der Waals surface area contributed by atoms with Crippen LogP contribution in [0, 0.1) is 0 Å². The maximum absolute atomic E-state index is 9.89. The first-order valence-electron chi connectivity index (χ1n) is 7.11. The van der Waals surface area contributed by atoms with Gasteiger partial charge in [-0.3, -0.25) is 9.97 Å². The molecule has 0 saturated carbocycles. The van der Waals surface area contributed by atoms with Gasteiger partial charge in [-0.1, -0.05) is 13.8 Å². The van der Waals surface area contributed by atoms with E-state index in [0.29, 0.717) is 18.5 Å². The minimum absolute atomic E-state index is 0.143. The molecular weight excluding hydrogens is 276 g/mol. The fourth-order valence-electron chi connectivity index (χ4n) is 1.87. The van der Waals surface area contributed by atoms with Crippen molar-refractivity contribution < 1.29 is 25.5 Å². The van der Waals surface area contributed by atoms with Gasteiger partial charge in [0.15, 0.2) is 0 Å². The minimum Gasteiger partial charge on any atom is -0.390 e. The first-order chi connectivity index (χ1) is 9.90. The molecule has 0 radical (unpaired) electrons. The van der Waals surface area contributed by atoms with Gasteiger partial charge in [-0.05, 0) is 12.8 Å². The first-order valence-corrected chi connectivity index (χ1v) is 7.11. The monoisotopic (exact) mass is 300 g/mol. The zero-order chi connectivity index (χ0) is 16.0. The van der Waals surface area contributed by atoms with Gasteiger partial charge in [-0.15, -0.1) is 0 Å². The third-order valence-electron chi connectivity index (χ3n) is 3.45. The van der Waals surface area contributed by atoms with E-state index in [1.807, 2.05) is 0 Å². The van der Waals surface area contributed by atoms with Crippen molar-refractivity contribution in [1.82, 2.24) is 9.97 Å². The molecule has 0 aromatic carbocycles. The average Bonchev–Trinajstić information content (AvgIpc) is 2.52. The number of aliphatic hydroxyl groups excluding tert-OH is 5. The Kier molecular flexibility index (Phi) is 7.13. The van der Waals surface area contributed by atoms with Gasteiger partial charge >= 0.3 is 0 Å². The summed E-state index contributed by atoms with van der Waals surface area (Å²) in [7, 11) is 0. The van der Waals surface area contributed by atoms with E-state index < -0.39 is 30.5 Å². The predicted octanol–water partition coefficient (Wildman–Crippen LogP) is -0.684. The second-order valence-corrected chi connectivity index (χ2v) is 5.09. The lowest BCUT2D eigenvalue weighted by atomic mass is 10.0. The second kappa shape index (κ2) is 8.35. The smallest absolute Gasteiger partial charge is 0.126 e. The van der Waals surface area contributed by atoms with Gasteiger partial charge in [0.2, 0.25) is 0 Å². The highest BCUT2D eigenvalue weighted by Crippen LogP contribution is 2.18. The highest BCUT2D eigenvalue weighted by molar-refractivity contribution is 5.08. The van der Waals surface area contributed by atoms with E-state index in [0.717, 1.165) is 0 Å². The van der Waals surface area contributed by atoms with Gasteiger partial charge in [0.25, 0.3) is 0 Å². The van der Waals surface area contributed by atoms with Crippen LogP contribution in [0.5, 0.6) is 0 Å². The Morgan fingerprint density at radius 1 is 0.857 bits per heavy atom. The van der Waals surface area contributed by atoms with Crippen molar-refractivity contribution in [3.63, 3.8) is 0 Å². The van der Waals surface area contributed by atoms with E-state index in [1.165, 1.54) is 12.4 Å². The lowest BCUT2D eigenvalue weighted by molar-refractivity contribution is -0.0630.